The monoisotopic (exact) mass is 673 g/mol. The molecule has 0 N–H and O–H groups in total. The van der Waals surface area contributed by atoms with E-state index in [0.717, 1.165) is 55.1 Å². The number of nitrogens with zero attached hydrogens (tertiary/aromatic N) is 3. The molecule has 5 heterocycles. The lowest BCUT2D eigenvalue weighted by atomic mass is 10.0. The average molecular weight is 674 g/mol. The number of rotatable bonds is 2. The van der Waals surface area contributed by atoms with Gasteiger partial charge in [0.15, 0.2) is 0 Å². The van der Waals surface area contributed by atoms with Gasteiger partial charge in [0.1, 0.15) is 11.2 Å². The van der Waals surface area contributed by atoms with E-state index >= 15 is 0 Å². The standard InChI is InChI=1S/C44H23N3OS2/c1-5-16-32-30(13-1)40(31-15-9-14-27-24-10-2-6-17-35(24)48-41(27)31)46-44(45-32)47-33-22-20-28-25-11-3-7-18-36(25)49-42(28)38(33)39-34(47)23-21-29-26-12-4-8-19-37(26)50-43(29)39/h1-23H. The Bertz CT molecular complexity index is 3270. The Labute approximate surface area is 292 Å². The van der Waals surface area contributed by atoms with Crippen molar-refractivity contribution in [3.05, 3.63) is 140 Å². The second-order valence-electron chi connectivity index (χ2n) is 12.9. The quantitative estimate of drug-likeness (QED) is 0.183. The van der Waals surface area contributed by atoms with Crippen LogP contribution in [0.5, 0.6) is 0 Å². The maximum atomic E-state index is 6.55. The molecule has 0 aliphatic carbocycles. The predicted molar refractivity (Wildman–Crippen MR) is 212 cm³/mol. The van der Waals surface area contributed by atoms with E-state index in [1.165, 1.54) is 51.1 Å². The molecule has 6 heteroatoms. The molecule has 0 radical (unpaired) electrons. The third-order valence-electron chi connectivity index (χ3n) is 10.2. The second-order valence-corrected chi connectivity index (χ2v) is 15.0. The van der Waals surface area contributed by atoms with Crippen molar-refractivity contribution < 1.29 is 4.42 Å². The zero-order chi connectivity index (χ0) is 32.5. The van der Waals surface area contributed by atoms with E-state index in [0.29, 0.717) is 5.95 Å². The van der Waals surface area contributed by atoms with Gasteiger partial charge in [0.25, 0.3) is 0 Å². The van der Waals surface area contributed by atoms with E-state index in [4.69, 9.17) is 14.4 Å². The van der Waals surface area contributed by atoms with Crippen LogP contribution in [-0.4, -0.2) is 14.5 Å². The summed E-state index contributed by atoms with van der Waals surface area (Å²) < 4.78 is 14.0. The normalized spacial score (nSPS) is 12.4. The van der Waals surface area contributed by atoms with Crippen LogP contribution in [0.1, 0.15) is 0 Å². The zero-order valence-electron chi connectivity index (χ0n) is 26.3. The fourth-order valence-corrected chi connectivity index (χ4v) is 10.6. The van der Waals surface area contributed by atoms with Crippen LogP contribution in [0, 0.1) is 0 Å². The molecule has 4 nitrogen and oxygen atoms in total. The van der Waals surface area contributed by atoms with Crippen molar-refractivity contribution in [3.8, 4) is 17.2 Å². The van der Waals surface area contributed by atoms with Gasteiger partial charge in [-0.3, -0.25) is 4.57 Å². The Kier molecular flexibility index (Phi) is 5.23. The minimum absolute atomic E-state index is 0.646. The largest absolute Gasteiger partial charge is 0.455 e. The number of furan rings is 1. The van der Waals surface area contributed by atoms with Crippen molar-refractivity contribution in [1.82, 2.24) is 14.5 Å². The number of para-hydroxylation sites is 3. The Balaban J connectivity index is 1.25. The summed E-state index contributed by atoms with van der Waals surface area (Å²) in [5.74, 6) is 0.646. The first-order valence-corrected chi connectivity index (χ1v) is 18.3. The maximum absolute atomic E-state index is 6.55. The van der Waals surface area contributed by atoms with E-state index in [1.54, 1.807) is 0 Å². The SMILES string of the molecule is c1ccc2c(-c3cccc4c3oc3ccccc34)nc(-n3c4ccc5c6ccccc6sc5c4c4c5sc6ccccc6c5ccc43)nc2c1. The Morgan fingerprint density at radius 3 is 1.74 bits per heavy atom. The van der Waals surface area contributed by atoms with E-state index in [9.17, 15) is 0 Å². The summed E-state index contributed by atoms with van der Waals surface area (Å²) >= 11 is 3.75. The van der Waals surface area contributed by atoms with Crippen molar-refractivity contribution >= 4 is 118 Å². The molecule has 232 valence electrons. The molecule has 0 spiro atoms. The van der Waals surface area contributed by atoms with Crippen molar-refractivity contribution in [2.75, 3.05) is 0 Å². The van der Waals surface area contributed by atoms with Gasteiger partial charge in [-0.05, 0) is 42.5 Å². The van der Waals surface area contributed by atoms with Gasteiger partial charge in [-0.1, -0.05) is 97.1 Å². The molecule has 0 saturated heterocycles. The lowest BCUT2D eigenvalue weighted by Gasteiger charge is -2.12. The molecular weight excluding hydrogens is 651 g/mol. The molecule has 0 aliphatic rings. The van der Waals surface area contributed by atoms with Crippen molar-refractivity contribution in [2.24, 2.45) is 0 Å². The first-order chi connectivity index (χ1) is 24.8. The minimum atomic E-state index is 0.646. The van der Waals surface area contributed by atoms with Crippen LogP contribution in [0.25, 0.3) is 112 Å². The summed E-state index contributed by atoms with van der Waals surface area (Å²) in [6.07, 6.45) is 0. The van der Waals surface area contributed by atoms with Gasteiger partial charge in [0, 0.05) is 72.8 Å². The number of benzene rings is 7. The molecule has 5 aromatic heterocycles. The molecular formula is C44H23N3OS2. The van der Waals surface area contributed by atoms with Crippen LogP contribution in [-0.2, 0) is 0 Å². The molecule has 0 bridgehead atoms. The Hall–Kier alpha value is -6.08. The fraction of sp³-hybridized carbons (Fsp3) is 0. The van der Waals surface area contributed by atoms with Gasteiger partial charge in [-0.15, -0.1) is 22.7 Å². The van der Waals surface area contributed by atoms with Crippen LogP contribution in [0.15, 0.2) is 144 Å². The molecule has 0 unspecified atom stereocenters. The summed E-state index contributed by atoms with van der Waals surface area (Å²) in [6.45, 7) is 0. The van der Waals surface area contributed by atoms with E-state index < -0.39 is 0 Å². The molecule has 12 aromatic rings. The van der Waals surface area contributed by atoms with Gasteiger partial charge in [-0.25, -0.2) is 9.97 Å². The molecule has 50 heavy (non-hydrogen) atoms. The fourth-order valence-electron chi connectivity index (χ4n) is 8.06. The van der Waals surface area contributed by atoms with Crippen LogP contribution in [0.4, 0.5) is 0 Å². The number of thiophene rings is 2. The summed E-state index contributed by atoms with van der Waals surface area (Å²) in [5, 5.41) is 10.8. The smallest absolute Gasteiger partial charge is 0.235 e. The number of fused-ring (bicyclic) bond motifs is 15. The lowest BCUT2D eigenvalue weighted by molar-refractivity contribution is 0.670. The van der Waals surface area contributed by atoms with Crippen molar-refractivity contribution in [3.63, 3.8) is 0 Å². The molecule has 0 fully saturated rings. The highest BCUT2D eigenvalue weighted by Crippen LogP contribution is 2.48. The van der Waals surface area contributed by atoms with Gasteiger partial charge in [0.05, 0.1) is 22.2 Å². The van der Waals surface area contributed by atoms with Gasteiger partial charge < -0.3 is 4.42 Å². The van der Waals surface area contributed by atoms with Crippen LogP contribution in [0.3, 0.4) is 0 Å². The van der Waals surface area contributed by atoms with Crippen molar-refractivity contribution in [2.45, 2.75) is 0 Å². The number of hydrogen-bond acceptors (Lipinski definition) is 5. The topological polar surface area (TPSA) is 43.9 Å². The first-order valence-electron chi connectivity index (χ1n) is 16.7. The summed E-state index contributed by atoms with van der Waals surface area (Å²) in [6, 6.07) is 49.5. The van der Waals surface area contributed by atoms with Crippen LogP contribution in [0.2, 0.25) is 0 Å². The molecule has 12 rings (SSSR count). The highest BCUT2D eigenvalue weighted by Gasteiger charge is 2.24. The van der Waals surface area contributed by atoms with E-state index in [-0.39, 0.29) is 0 Å². The average Bonchev–Trinajstić information content (AvgIpc) is 3.92. The zero-order valence-corrected chi connectivity index (χ0v) is 28.0. The summed E-state index contributed by atoms with van der Waals surface area (Å²) in [5.41, 5.74) is 6.62. The van der Waals surface area contributed by atoms with Crippen molar-refractivity contribution in [1.29, 1.82) is 0 Å². The van der Waals surface area contributed by atoms with Crippen LogP contribution < -0.4 is 0 Å². The van der Waals surface area contributed by atoms with Gasteiger partial charge in [-0.2, -0.15) is 0 Å². The molecule has 0 saturated carbocycles. The Morgan fingerprint density at radius 2 is 1.04 bits per heavy atom. The molecule has 0 aliphatic heterocycles. The van der Waals surface area contributed by atoms with Gasteiger partial charge >= 0.3 is 0 Å². The number of aromatic nitrogens is 3. The predicted octanol–water partition coefficient (Wildman–Crippen LogP) is 13.0. The van der Waals surface area contributed by atoms with Crippen LogP contribution >= 0.6 is 22.7 Å². The lowest BCUT2D eigenvalue weighted by Crippen LogP contribution is -2.03. The highest BCUT2D eigenvalue weighted by atomic mass is 32.1. The summed E-state index contributed by atoms with van der Waals surface area (Å²) in [7, 11) is 0. The number of hydrogen-bond donors (Lipinski definition) is 0. The minimum Gasteiger partial charge on any atom is -0.455 e. The Morgan fingerprint density at radius 1 is 0.460 bits per heavy atom. The second kappa shape index (κ2) is 9.76. The molecule has 7 aromatic carbocycles. The maximum Gasteiger partial charge on any atom is 0.235 e. The van der Waals surface area contributed by atoms with E-state index in [1.807, 2.05) is 34.8 Å². The molecule has 0 atom stereocenters. The third-order valence-corrected chi connectivity index (χ3v) is 12.6. The van der Waals surface area contributed by atoms with Gasteiger partial charge in [0.2, 0.25) is 5.95 Å². The highest BCUT2D eigenvalue weighted by molar-refractivity contribution is 7.28. The molecule has 0 amide bonds. The van der Waals surface area contributed by atoms with E-state index in [2.05, 4.69) is 132 Å². The third kappa shape index (κ3) is 3.49. The summed E-state index contributed by atoms with van der Waals surface area (Å²) in [4.78, 5) is 10.8. The first kappa shape index (κ1) is 26.8.